The number of rotatable bonds is 3. The van der Waals surface area contributed by atoms with Crippen LogP contribution < -0.4 is 5.32 Å². The van der Waals surface area contributed by atoms with Crippen LogP contribution in [0.3, 0.4) is 0 Å². The van der Waals surface area contributed by atoms with Crippen molar-refractivity contribution in [1.82, 2.24) is 10.2 Å². The number of amides is 2. The Morgan fingerprint density at radius 1 is 1.20 bits per heavy atom. The molecule has 1 fully saturated rings. The summed E-state index contributed by atoms with van der Waals surface area (Å²) in [6.07, 6.45) is 0.625. The molecule has 0 spiro atoms. The van der Waals surface area contributed by atoms with Crippen molar-refractivity contribution in [3.05, 3.63) is 35.4 Å². The average Bonchev–Trinajstić information content (AvgIpc) is 2.38. The molecular formula is C16H22N2O2. The highest BCUT2D eigenvalue weighted by molar-refractivity contribution is 5.99. The van der Waals surface area contributed by atoms with Crippen molar-refractivity contribution in [1.29, 1.82) is 0 Å². The Morgan fingerprint density at radius 3 is 2.35 bits per heavy atom. The van der Waals surface area contributed by atoms with E-state index in [9.17, 15) is 9.59 Å². The summed E-state index contributed by atoms with van der Waals surface area (Å²) in [6, 6.07) is 7.69. The molecule has 0 bridgehead atoms. The highest BCUT2D eigenvalue weighted by Gasteiger charge is 2.44. The molecule has 4 nitrogen and oxygen atoms in total. The standard InChI is InChI=1S/C16H22N2O2/c1-5-13-14(19)17-16(3,4)15(20)18(13)10-12-8-6-11(2)7-9-12/h6-9,13H,5,10H2,1-4H3,(H,17,19). The first-order valence-corrected chi connectivity index (χ1v) is 7.04. The van der Waals surface area contributed by atoms with Gasteiger partial charge in [0.1, 0.15) is 11.6 Å². The molecule has 1 heterocycles. The van der Waals surface area contributed by atoms with Crippen molar-refractivity contribution in [2.45, 2.75) is 52.2 Å². The van der Waals surface area contributed by atoms with E-state index in [4.69, 9.17) is 0 Å². The van der Waals surface area contributed by atoms with Gasteiger partial charge in [-0.2, -0.15) is 0 Å². The number of piperazine rings is 1. The molecule has 0 aromatic heterocycles. The number of hydrogen-bond donors (Lipinski definition) is 1. The fourth-order valence-electron chi connectivity index (χ4n) is 2.56. The SMILES string of the molecule is CCC1C(=O)NC(C)(C)C(=O)N1Cc1ccc(C)cc1. The maximum atomic E-state index is 12.5. The molecule has 1 aliphatic heterocycles. The van der Waals surface area contributed by atoms with Crippen LogP contribution >= 0.6 is 0 Å². The van der Waals surface area contributed by atoms with Gasteiger partial charge in [-0.25, -0.2) is 0 Å². The summed E-state index contributed by atoms with van der Waals surface area (Å²) in [5.74, 6) is -0.0891. The average molecular weight is 274 g/mol. The van der Waals surface area contributed by atoms with E-state index in [1.165, 1.54) is 5.56 Å². The maximum Gasteiger partial charge on any atom is 0.248 e. The summed E-state index contributed by atoms with van der Waals surface area (Å²) in [4.78, 5) is 26.4. The molecule has 108 valence electrons. The van der Waals surface area contributed by atoms with E-state index in [-0.39, 0.29) is 17.9 Å². The third-order valence-corrected chi connectivity index (χ3v) is 3.77. The molecule has 2 rings (SSSR count). The Kier molecular flexibility index (Phi) is 3.84. The molecule has 1 atom stereocenters. The van der Waals surface area contributed by atoms with Crippen LogP contribution in [0.5, 0.6) is 0 Å². The number of nitrogens with one attached hydrogen (secondary N) is 1. The van der Waals surface area contributed by atoms with Crippen LogP contribution in [0, 0.1) is 6.92 Å². The Hall–Kier alpha value is -1.84. The van der Waals surface area contributed by atoms with Gasteiger partial charge in [0.15, 0.2) is 0 Å². The fraction of sp³-hybridized carbons (Fsp3) is 0.500. The summed E-state index contributed by atoms with van der Waals surface area (Å²) < 4.78 is 0. The lowest BCUT2D eigenvalue weighted by atomic mass is 9.95. The second-order valence-electron chi connectivity index (χ2n) is 5.96. The van der Waals surface area contributed by atoms with Gasteiger partial charge < -0.3 is 10.2 Å². The molecule has 1 unspecified atom stereocenters. The van der Waals surface area contributed by atoms with E-state index in [2.05, 4.69) is 5.32 Å². The van der Waals surface area contributed by atoms with Crippen molar-refractivity contribution in [3.8, 4) is 0 Å². The lowest BCUT2D eigenvalue weighted by Crippen LogP contribution is -2.67. The predicted molar refractivity (Wildman–Crippen MR) is 78.0 cm³/mol. The Balaban J connectivity index is 2.27. The molecule has 0 aliphatic carbocycles. The second kappa shape index (κ2) is 5.27. The van der Waals surface area contributed by atoms with E-state index in [1.807, 2.05) is 38.1 Å². The number of carbonyl (C=O) groups is 2. The first-order chi connectivity index (χ1) is 9.35. The van der Waals surface area contributed by atoms with Crippen molar-refractivity contribution in [2.24, 2.45) is 0 Å². The van der Waals surface area contributed by atoms with Crippen LogP contribution in [0.2, 0.25) is 0 Å². The number of aryl methyl sites for hydroxylation is 1. The van der Waals surface area contributed by atoms with Crippen molar-refractivity contribution in [3.63, 3.8) is 0 Å². The van der Waals surface area contributed by atoms with E-state index >= 15 is 0 Å². The number of hydrogen-bond acceptors (Lipinski definition) is 2. The third kappa shape index (κ3) is 2.69. The minimum Gasteiger partial charge on any atom is -0.340 e. The van der Waals surface area contributed by atoms with Gasteiger partial charge in [-0.05, 0) is 32.8 Å². The summed E-state index contributed by atoms with van der Waals surface area (Å²) in [7, 11) is 0. The molecule has 0 saturated carbocycles. The minimum atomic E-state index is -0.826. The fourth-order valence-corrected chi connectivity index (χ4v) is 2.56. The van der Waals surface area contributed by atoms with E-state index in [1.54, 1.807) is 18.7 Å². The molecule has 1 aromatic rings. The normalized spacial score (nSPS) is 21.8. The highest BCUT2D eigenvalue weighted by Crippen LogP contribution is 2.22. The van der Waals surface area contributed by atoms with Crippen LogP contribution in [0.4, 0.5) is 0 Å². The minimum absolute atomic E-state index is 0.0236. The van der Waals surface area contributed by atoms with E-state index in [0.717, 1.165) is 5.56 Å². The smallest absolute Gasteiger partial charge is 0.248 e. The second-order valence-corrected chi connectivity index (χ2v) is 5.96. The van der Waals surface area contributed by atoms with Gasteiger partial charge in [-0.3, -0.25) is 9.59 Å². The van der Waals surface area contributed by atoms with Crippen molar-refractivity contribution in [2.75, 3.05) is 0 Å². The van der Waals surface area contributed by atoms with Gasteiger partial charge in [0, 0.05) is 6.54 Å². The third-order valence-electron chi connectivity index (χ3n) is 3.77. The Morgan fingerprint density at radius 2 is 1.80 bits per heavy atom. The Bertz CT molecular complexity index is 520. The summed E-state index contributed by atoms with van der Waals surface area (Å²) in [6.45, 7) is 7.94. The van der Waals surface area contributed by atoms with Crippen LogP contribution in [0.25, 0.3) is 0 Å². The zero-order valence-corrected chi connectivity index (χ0v) is 12.6. The predicted octanol–water partition coefficient (Wildman–Crippen LogP) is 2.01. The lowest BCUT2D eigenvalue weighted by molar-refractivity contribution is -0.154. The number of nitrogens with zero attached hydrogens (tertiary/aromatic N) is 1. The zero-order valence-electron chi connectivity index (χ0n) is 12.6. The summed E-state index contributed by atoms with van der Waals surface area (Å²) >= 11 is 0. The topological polar surface area (TPSA) is 49.4 Å². The van der Waals surface area contributed by atoms with E-state index < -0.39 is 5.54 Å². The summed E-state index contributed by atoms with van der Waals surface area (Å²) in [5.41, 5.74) is 1.41. The zero-order chi connectivity index (χ0) is 14.9. The van der Waals surface area contributed by atoms with Crippen molar-refractivity contribution < 1.29 is 9.59 Å². The molecule has 4 heteroatoms. The van der Waals surface area contributed by atoms with Gasteiger partial charge in [-0.1, -0.05) is 36.8 Å². The highest BCUT2D eigenvalue weighted by atomic mass is 16.2. The Labute approximate surface area is 120 Å². The molecule has 0 radical (unpaired) electrons. The molecule has 1 aromatic carbocycles. The molecular weight excluding hydrogens is 252 g/mol. The van der Waals surface area contributed by atoms with Crippen LogP contribution in [-0.4, -0.2) is 28.3 Å². The monoisotopic (exact) mass is 274 g/mol. The van der Waals surface area contributed by atoms with Gasteiger partial charge in [-0.15, -0.1) is 0 Å². The summed E-state index contributed by atoms with van der Waals surface area (Å²) in [5, 5.41) is 2.80. The van der Waals surface area contributed by atoms with Crippen LogP contribution in [0.1, 0.15) is 38.3 Å². The lowest BCUT2D eigenvalue weighted by Gasteiger charge is -2.42. The van der Waals surface area contributed by atoms with Crippen LogP contribution in [-0.2, 0) is 16.1 Å². The van der Waals surface area contributed by atoms with Crippen LogP contribution in [0.15, 0.2) is 24.3 Å². The molecule has 1 aliphatic rings. The number of carbonyl (C=O) groups excluding carboxylic acids is 2. The van der Waals surface area contributed by atoms with Gasteiger partial charge in [0.25, 0.3) is 0 Å². The quantitative estimate of drug-likeness (QED) is 0.916. The molecule has 1 saturated heterocycles. The molecule has 20 heavy (non-hydrogen) atoms. The first kappa shape index (κ1) is 14.6. The maximum absolute atomic E-state index is 12.5. The first-order valence-electron chi connectivity index (χ1n) is 7.04. The molecule has 1 N–H and O–H groups in total. The van der Waals surface area contributed by atoms with Gasteiger partial charge in [0.2, 0.25) is 11.8 Å². The van der Waals surface area contributed by atoms with Gasteiger partial charge in [0.05, 0.1) is 0 Å². The van der Waals surface area contributed by atoms with E-state index in [0.29, 0.717) is 13.0 Å². The number of benzene rings is 1. The van der Waals surface area contributed by atoms with Crippen molar-refractivity contribution >= 4 is 11.8 Å². The largest absolute Gasteiger partial charge is 0.340 e. The van der Waals surface area contributed by atoms with Gasteiger partial charge >= 0.3 is 0 Å². The molecule has 2 amide bonds.